The van der Waals surface area contributed by atoms with Gasteiger partial charge in [0.05, 0.1) is 4.92 Å². The normalized spacial score (nSPS) is 16.2. The molecule has 0 aromatic heterocycles. The molecule has 0 bridgehead atoms. The van der Waals surface area contributed by atoms with Crippen molar-refractivity contribution in [2.45, 2.75) is 45.3 Å². The van der Waals surface area contributed by atoms with E-state index in [1.807, 2.05) is 0 Å². The lowest BCUT2D eigenvalue weighted by Gasteiger charge is -2.23. The number of amides is 4. The zero-order chi connectivity index (χ0) is 21.8. The van der Waals surface area contributed by atoms with Gasteiger partial charge in [-0.25, -0.2) is 4.79 Å². The molecule has 0 saturated carbocycles. The summed E-state index contributed by atoms with van der Waals surface area (Å²) in [7, 11) is 0. The number of ether oxygens (including phenoxy) is 1. The molecule has 156 valence electrons. The lowest BCUT2D eigenvalue weighted by atomic mass is 9.93. The SMILES string of the molecule is CCC1(CC)NC(=O)N(CC(=O)OC(C)C(=O)Nc2cccc([N+](=O)[O-])c2)C1=O. The third kappa shape index (κ3) is 4.68. The highest BCUT2D eigenvalue weighted by Crippen LogP contribution is 2.24. The Balaban J connectivity index is 1.96. The number of nitro groups is 1. The van der Waals surface area contributed by atoms with Crippen LogP contribution in [0.4, 0.5) is 16.2 Å². The first-order chi connectivity index (χ1) is 13.6. The minimum Gasteiger partial charge on any atom is -0.451 e. The van der Waals surface area contributed by atoms with Gasteiger partial charge in [0.2, 0.25) is 0 Å². The fourth-order valence-electron chi connectivity index (χ4n) is 2.91. The fraction of sp³-hybridized carbons (Fsp3) is 0.444. The molecule has 1 heterocycles. The van der Waals surface area contributed by atoms with Crippen LogP contribution in [0.2, 0.25) is 0 Å². The van der Waals surface area contributed by atoms with Crippen LogP contribution in [0.25, 0.3) is 0 Å². The number of imide groups is 1. The first-order valence-corrected chi connectivity index (χ1v) is 9.02. The number of hydrogen-bond acceptors (Lipinski definition) is 7. The van der Waals surface area contributed by atoms with Gasteiger partial charge in [-0.3, -0.25) is 29.4 Å². The van der Waals surface area contributed by atoms with Crippen molar-refractivity contribution in [1.82, 2.24) is 10.2 Å². The molecule has 11 heteroatoms. The van der Waals surface area contributed by atoms with Crippen LogP contribution in [-0.2, 0) is 19.1 Å². The van der Waals surface area contributed by atoms with Crippen molar-refractivity contribution in [2.24, 2.45) is 0 Å². The smallest absolute Gasteiger partial charge is 0.327 e. The van der Waals surface area contributed by atoms with Gasteiger partial charge in [0, 0.05) is 17.8 Å². The Labute approximate surface area is 166 Å². The molecular weight excluding hydrogens is 384 g/mol. The Bertz CT molecular complexity index is 850. The van der Waals surface area contributed by atoms with Gasteiger partial charge in [-0.05, 0) is 25.8 Å². The van der Waals surface area contributed by atoms with E-state index in [-0.39, 0.29) is 11.4 Å². The van der Waals surface area contributed by atoms with Crippen LogP contribution in [-0.4, -0.2) is 51.8 Å². The average molecular weight is 406 g/mol. The van der Waals surface area contributed by atoms with E-state index in [9.17, 15) is 29.3 Å². The van der Waals surface area contributed by atoms with E-state index in [4.69, 9.17) is 4.74 Å². The standard InChI is InChI=1S/C18H22N4O7/c1-4-18(5-2)16(25)21(17(26)20-18)10-14(23)29-11(3)15(24)19-12-7-6-8-13(9-12)22(27)28/h6-9,11H,4-5,10H2,1-3H3,(H,19,24)(H,20,26). The molecule has 11 nitrogen and oxygen atoms in total. The second-order valence-electron chi connectivity index (χ2n) is 6.54. The monoisotopic (exact) mass is 406 g/mol. The molecule has 1 aromatic rings. The Morgan fingerprint density at radius 2 is 1.97 bits per heavy atom. The van der Waals surface area contributed by atoms with E-state index >= 15 is 0 Å². The number of esters is 1. The van der Waals surface area contributed by atoms with Gasteiger partial charge in [-0.15, -0.1) is 0 Å². The molecule has 0 aliphatic carbocycles. The van der Waals surface area contributed by atoms with Crippen LogP contribution in [0.3, 0.4) is 0 Å². The first kappa shape index (κ1) is 21.8. The van der Waals surface area contributed by atoms with E-state index in [1.54, 1.807) is 13.8 Å². The van der Waals surface area contributed by atoms with Crippen molar-refractivity contribution in [3.8, 4) is 0 Å². The predicted octanol–water partition coefficient (Wildman–Crippen LogP) is 1.58. The summed E-state index contributed by atoms with van der Waals surface area (Å²) in [6.45, 7) is 4.19. The van der Waals surface area contributed by atoms with Crippen LogP contribution in [0, 0.1) is 10.1 Å². The molecule has 2 rings (SSSR count). The number of rotatable bonds is 8. The largest absolute Gasteiger partial charge is 0.451 e. The number of nitro benzene ring substituents is 1. The van der Waals surface area contributed by atoms with Gasteiger partial charge < -0.3 is 15.4 Å². The Hall–Kier alpha value is -3.50. The van der Waals surface area contributed by atoms with Gasteiger partial charge in [0.25, 0.3) is 17.5 Å². The quantitative estimate of drug-likeness (QED) is 0.288. The van der Waals surface area contributed by atoms with Crippen LogP contribution in [0.15, 0.2) is 24.3 Å². The summed E-state index contributed by atoms with van der Waals surface area (Å²) in [6, 6.07) is 4.58. The third-order valence-corrected chi connectivity index (χ3v) is 4.74. The summed E-state index contributed by atoms with van der Waals surface area (Å²) in [4.78, 5) is 59.8. The van der Waals surface area contributed by atoms with Crippen molar-refractivity contribution < 1.29 is 28.8 Å². The highest BCUT2D eigenvalue weighted by Gasteiger charge is 2.49. The van der Waals surface area contributed by atoms with Crippen molar-refractivity contribution in [1.29, 1.82) is 0 Å². The van der Waals surface area contributed by atoms with Crippen LogP contribution < -0.4 is 10.6 Å². The lowest BCUT2D eigenvalue weighted by molar-refractivity contribution is -0.384. The lowest BCUT2D eigenvalue weighted by Crippen LogP contribution is -2.46. The van der Waals surface area contributed by atoms with E-state index in [1.165, 1.54) is 25.1 Å². The van der Waals surface area contributed by atoms with Crippen molar-refractivity contribution in [3.05, 3.63) is 34.4 Å². The Kier molecular flexibility index (Phi) is 6.52. The molecule has 1 fully saturated rings. The van der Waals surface area contributed by atoms with E-state index in [0.717, 1.165) is 11.0 Å². The summed E-state index contributed by atoms with van der Waals surface area (Å²) in [6.07, 6.45) is -0.492. The minimum atomic E-state index is -1.25. The van der Waals surface area contributed by atoms with Gasteiger partial charge in [-0.2, -0.15) is 0 Å². The molecule has 1 aliphatic rings. The van der Waals surface area contributed by atoms with E-state index in [2.05, 4.69) is 10.6 Å². The van der Waals surface area contributed by atoms with E-state index < -0.39 is 46.9 Å². The highest BCUT2D eigenvalue weighted by atomic mass is 16.6. The second-order valence-corrected chi connectivity index (χ2v) is 6.54. The number of urea groups is 1. The van der Waals surface area contributed by atoms with Crippen LogP contribution in [0.1, 0.15) is 33.6 Å². The number of anilines is 1. The van der Waals surface area contributed by atoms with Crippen molar-refractivity contribution >= 4 is 35.2 Å². The molecule has 0 radical (unpaired) electrons. The zero-order valence-electron chi connectivity index (χ0n) is 16.3. The summed E-state index contributed by atoms with van der Waals surface area (Å²) < 4.78 is 5.00. The molecule has 1 saturated heterocycles. The zero-order valence-corrected chi connectivity index (χ0v) is 16.3. The van der Waals surface area contributed by atoms with Gasteiger partial charge >= 0.3 is 12.0 Å². The molecule has 1 unspecified atom stereocenters. The number of carbonyl (C=O) groups is 4. The van der Waals surface area contributed by atoms with Gasteiger partial charge in [0.15, 0.2) is 6.10 Å². The molecule has 1 aromatic carbocycles. The molecule has 4 amide bonds. The summed E-state index contributed by atoms with van der Waals surface area (Å²) in [5.74, 6) is -2.16. The number of non-ortho nitro benzene ring substituents is 1. The molecule has 0 spiro atoms. The molecule has 1 atom stereocenters. The highest BCUT2D eigenvalue weighted by molar-refractivity contribution is 6.08. The summed E-state index contributed by atoms with van der Waals surface area (Å²) in [5.41, 5.74) is -1.08. The third-order valence-electron chi connectivity index (χ3n) is 4.74. The number of benzene rings is 1. The average Bonchev–Trinajstić information content (AvgIpc) is 2.92. The Morgan fingerprint density at radius 1 is 1.31 bits per heavy atom. The predicted molar refractivity (Wildman–Crippen MR) is 101 cm³/mol. The number of nitrogens with one attached hydrogen (secondary N) is 2. The van der Waals surface area contributed by atoms with Crippen LogP contribution >= 0.6 is 0 Å². The molecule has 1 aliphatic heterocycles. The number of nitrogens with zero attached hydrogens (tertiary/aromatic N) is 2. The van der Waals surface area contributed by atoms with Crippen LogP contribution in [0.5, 0.6) is 0 Å². The maximum atomic E-state index is 12.5. The summed E-state index contributed by atoms with van der Waals surface area (Å²) >= 11 is 0. The summed E-state index contributed by atoms with van der Waals surface area (Å²) in [5, 5.41) is 15.8. The maximum Gasteiger partial charge on any atom is 0.327 e. The van der Waals surface area contributed by atoms with Gasteiger partial charge in [-0.1, -0.05) is 19.9 Å². The number of hydrogen-bond donors (Lipinski definition) is 2. The van der Waals surface area contributed by atoms with E-state index in [0.29, 0.717) is 12.8 Å². The fourth-order valence-corrected chi connectivity index (χ4v) is 2.91. The first-order valence-electron chi connectivity index (χ1n) is 9.02. The van der Waals surface area contributed by atoms with Gasteiger partial charge in [0.1, 0.15) is 12.1 Å². The molecular formula is C18H22N4O7. The Morgan fingerprint density at radius 3 is 2.52 bits per heavy atom. The number of carbonyl (C=O) groups excluding carboxylic acids is 4. The maximum absolute atomic E-state index is 12.5. The molecule has 2 N–H and O–H groups in total. The molecule has 29 heavy (non-hydrogen) atoms. The van der Waals surface area contributed by atoms with Crippen molar-refractivity contribution in [3.63, 3.8) is 0 Å². The second kappa shape index (κ2) is 8.67. The van der Waals surface area contributed by atoms with Crippen molar-refractivity contribution in [2.75, 3.05) is 11.9 Å². The minimum absolute atomic E-state index is 0.164. The topological polar surface area (TPSA) is 148 Å².